The predicted molar refractivity (Wildman–Crippen MR) is 171 cm³/mol. The first-order valence-corrected chi connectivity index (χ1v) is 16.0. The fourth-order valence-electron chi connectivity index (χ4n) is 7.17. The van der Waals surface area contributed by atoms with Crippen molar-refractivity contribution < 1.29 is 24.1 Å². The van der Waals surface area contributed by atoms with E-state index in [0.29, 0.717) is 32.2 Å². The maximum Gasteiger partial charge on any atom is 0.309 e. The second-order valence-corrected chi connectivity index (χ2v) is 12.5. The summed E-state index contributed by atoms with van der Waals surface area (Å²) in [6.07, 6.45) is 4.60. The molecule has 2 fully saturated rings. The molecule has 1 N–H and O–H groups in total. The number of benzene rings is 2. The molecule has 2 saturated heterocycles. The van der Waals surface area contributed by atoms with Crippen LogP contribution >= 0.6 is 0 Å². The van der Waals surface area contributed by atoms with E-state index in [1.165, 1.54) is 22.3 Å². The Kier molecular flexibility index (Phi) is 9.50. The molecular weight excluding hydrogens is 554 g/mol. The van der Waals surface area contributed by atoms with Gasteiger partial charge in [0.05, 0.1) is 17.7 Å². The summed E-state index contributed by atoms with van der Waals surface area (Å²) in [6, 6.07) is 17.5. The minimum absolute atomic E-state index is 0.376. The highest BCUT2D eigenvalue weighted by atomic mass is 16.5. The van der Waals surface area contributed by atoms with Gasteiger partial charge in [0.15, 0.2) is 0 Å². The van der Waals surface area contributed by atoms with E-state index in [9.17, 15) is 9.90 Å². The molecule has 0 unspecified atom stereocenters. The van der Waals surface area contributed by atoms with Crippen molar-refractivity contribution in [3.05, 3.63) is 76.3 Å². The van der Waals surface area contributed by atoms with Crippen molar-refractivity contribution in [2.24, 2.45) is 5.92 Å². The van der Waals surface area contributed by atoms with E-state index in [-0.39, 0.29) is 6.10 Å². The van der Waals surface area contributed by atoms with Crippen LogP contribution in [-0.4, -0.2) is 79.6 Å². The van der Waals surface area contributed by atoms with Crippen LogP contribution < -0.4 is 9.64 Å². The molecule has 0 aliphatic carbocycles. The lowest BCUT2D eigenvalue weighted by atomic mass is 9.94. The van der Waals surface area contributed by atoms with Gasteiger partial charge in [0.1, 0.15) is 18.2 Å². The number of carboxylic acids is 1. The first-order valence-electron chi connectivity index (χ1n) is 16.0. The lowest BCUT2D eigenvalue weighted by molar-refractivity contribution is -0.147. The van der Waals surface area contributed by atoms with Crippen LogP contribution in [0.3, 0.4) is 0 Å². The van der Waals surface area contributed by atoms with Crippen LogP contribution in [0.25, 0.3) is 11.3 Å². The van der Waals surface area contributed by atoms with Crippen molar-refractivity contribution in [3.63, 3.8) is 0 Å². The number of piperidine rings is 1. The Labute approximate surface area is 260 Å². The molecule has 4 heterocycles. The Morgan fingerprint density at radius 1 is 1.02 bits per heavy atom. The molecule has 3 aliphatic heterocycles. The molecule has 6 rings (SSSR count). The molecule has 2 aromatic carbocycles. The molecule has 0 spiro atoms. The number of pyridine rings is 1. The van der Waals surface area contributed by atoms with E-state index in [1.54, 1.807) is 7.11 Å². The number of ether oxygens (including phenoxy) is 3. The van der Waals surface area contributed by atoms with Crippen molar-refractivity contribution in [2.45, 2.75) is 64.7 Å². The largest absolute Gasteiger partial charge is 0.488 e. The van der Waals surface area contributed by atoms with Gasteiger partial charge in [-0.3, -0.25) is 9.69 Å². The molecule has 8 nitrogen and oxygen atoms in total. The first-order chi connectivity index (χ1) is 21.4. The van der Waals surface area contributed by atoms with Gasteiger partial charge in [0.25, 0.3) is 0 Å². The van der Waals surface area contributed by atoms with Crippen LogP contribution in [0.1, 0.15) is 47.1 Å². The second-order valence-electron chi connectivity index (χ2n) is 12.5. The number of methoxy groups -OCH3 is 1. The zero-order valence-corrected chi connectivity index (χ0v) is 26.3. The van der Waals surface area contributed by atoms with Crippen LogP contribution in [0.5, 0.6) is 5.75 Å². The molecule has 44 heavy (non-hydrogen) atoms. The number of carbonyl (C=O) groups is 1. The highest BCUT2D eigenvalue weighted by Gasteiger charge is 2.35. The van der Waals surface area contributed by atoms with E-state index >= 15 is 0 Å². The average Bonchev–Trinajstić information content (AvgIpc) is 3.28. The van der Waals surface area contributed by atoms with Gasteiger partial charge in [-0.05, 0) is 92.5 Å². The lowest BCUT2D eigenvalue weighted by Gasteiger charge is -2.36. The Morgan fingerprint density at radius 2 is 1.84 bits per heavy atom. The van der Waals surface area contributed by atoms with E-state index in [2.05, 4.69) is 47.9 Å². The number of hydrogen-bond acceptors (Lipinski definition) is 7. The Balaban J connectivity index is 1.18. The van der Waals surface area contributed by atoms with Gasteiger partial charge in [-0.1, -0.05) is 29.8 Å². The van der Waals surface area contributed by atoms with Crippen LogP contribution in [0.2, 0.25) is 0 Å². The van der Waals surface area contributed by atoms with Crippen LogP contribution in [0, 0.1) is 19.8 Å². The highest BCUT2D eigenvalue weighted by Crippen LogP contribution is 2.34. The molecule has 0 saturated carbocycles. The summed E-state index contributed by atoms with van der Waals surface area (Å²) in [5.41, 5.74) is 8.46. The number of anilines is 1. The summed E-state index contributed by atoms with van der Waals surface area (Å²) in [4.78, 5) is 21.5. The molecule has 3 aliphatic rings. The molecule has 0 amide bonds. The third kappa shape index (κ3) is 6.63. The maximum absolute atomic E-state index is 11.7. The van der Waals surface area contributed by atoms with Gasteiger partial charge in [-0.15, -0.1) is 0 Å². The maximum atomic E-state index is 11.7. The fraction of sp³-hybridized carbons (Fsp3) is 0.500. The number of aryl methyl sites for hydroxylation is 1. The summed E-state index contributed by atoms with van der Waals surface area (Å²) in [5.74, 6) is 0.317. The van der Waals surface area contributed by atoms with Gasteiger partial charge >= 0.3 is 5.97 Å². The van der Waals surface area contributed by atoms with Gasteiger partial charge in [0.2, 0.25) is 0 Å². The molecular formula is C36H45N3O5. The number of aliphatic carboxylic acids is 1. The lowest BCUT2D eigenvalue weighted by Crippen LogP contribution is -2.47. The minimum atomic E-state index is -0.804. The predicted octanol–water partition coefficient (Wildman–Crippen LogP) is 5.45. The zero-order chi connectivity index (χ0) is 30.6. The molecule has 234 valence electrons. The molecule has 8 heteroatoms. The molecule has 1 aromatic heterocycles. The van der Waals surface area contributed by atoms with Gasteiger partial charge < -0.3 is 24.2 Å². The summed E-state index contributed by atoms with van der Waals surface area (Å²) in [6.45, 7) is 9.93. The normalized spacial score (nSPS) is 21.5. The van der Waals surface area contributed by atoms with Crippen molar-refractivity contribution in [2.75, 3.05) is 51.4 Å². The van der Waals surface area contributed by atoms with Gasteiger partial charge in [0, 0.05) is 58.1 Å². The molecule has 0 bridgehead atoms. The molecule has 3 aromatic rings. The minimum Gasteiger partial charge on any atom is -0.488 e. The first kappa shape index (κ1) is 30.6. The number of nitrogens with zero attached hydrogens (tertiary/aromatic N) is 3. The zero-order valence-electron chi connectivity index (χ0n) is 26.3. The quantitative estimate of drug-likeness (QED) is 0.366. The number of rotatable bonds is 8. The molecule has 2 atom stereocenters. The summed E-state index contributed by atoms with van der Waals surface area (Å²) >= 11 is 0. The number of carboxylic acid groups (broad SMARTS) is 1. The smallest absolute Gasteiger partial charge is 0.309 e. The van der Waals surface area contributed by atoms with Crippen molar-refractivity contribution in [1.82, 2.24) is 9.88 Å². The standard InChI is InChI=1S/C36H45N3O5/c1-24-7-10-33(31(21-24)32-5-4-6-35(37-32)39-18-13-30(36(40)41)34(22-39)42-3)44-23-27-9-8-26-11-16-38(17-12-29(26)25(27)2)28-14-19-43-20-15-28/h4-10,21,28,30,34H,11-20,22-23H2,1-3H3,(H,40,41)/t30-,34+/m0/s1. The number of aromatic nitrogens is 1. The van der Waals surface area contributed by atoms with Crippen molar-refractivity contribution >= 4 is 11.8 Å². The van der Waals surface area contributed by atoms with Crippen LogP contribution in [-0.2, 0) is 33.7 Å². The van der Waals surface area contributed by atoms with Crippen LogP contribution in [0.4, 0.5) is 5.82 Å². The van der Waals surface area contributed by atoms with Crippen LogP contribution in [0.15, 0.2) is 48.5 Å². The highest BCUT2D eigenvalue weighted by molar-refractivity contribution is 5.72. The van der Waals surface area contributed by atoms with Gasteiger partial charge in [-0.2, -0.15) is 0 Å². The van der Waals surface area contributed by atoms with E-state index < -0.39 is 11.9 Å². The summed E-state index contributed by atoms with van der Waals surface area (Å²) < 4.78 is 17.7. The summed E-state index contributed by atoms with van der Waals surface area (Å²) in [5, 5.41) is 9.59. The third-order valence-corrected chi connectivity index (χ3v) is 9.86. The Bertz CT molecular complexity index is 1470. The number of hydrogen-bond donors (Lipinski definition) is 1. The second kappa shape index (κ2) is 13.7. The Morgan fingerprint density at radius 3 is 2.64 bits per heavy atom. The van der Waals surface area contributed by atoms with Gasteiger partial charge in [-0.25, -0.2) is 4.98 Å². The summed E-state index contributed by atoms with van der Waals surface area (Å²) in [7, 11) is 1.58. The van der Waals surface area contributed by atoms with Crippen molar-refractivity contribution in [1.29, 1.82) is 0 Å². The Hall–Kier alpha value is -3.46. The van der Waals surface area contributed by atoms with E-state index in [4.69, 9.17) is 19.2 Å². The van der Waals surface area contributed by atoms with Crippen molar-refractivity contribution in [3.8, 4) is 17.0 Å². The fourth-order valence-corrected chi connectivity index (χ4v) is 7.17. The van der Waals surface area contributed by atoms with E-state index in [0.717, 1.165) is 80.4 Å². The number of fused-ring (bicyclic) bond motifs is 1. The SMILES string of the molecule is CO[C@@H]1CN(c2cccc(-c3cc(C)ccc3OCc3ccc4c(c3C)CCN(C3CCOCC3)CC4)n2)CC[C@@H]1C(=O)O. The third-order valence-electron chi connectivity index (χ3n) is 9.86. The van der Waals surface area contributed by atoms with E-state index in [1.807, 2.05) is 24.3 Å². The molecule has 0 radical (unpaired) electrons. The topological polar surface area (TPSA) is 84.4 Å². The monoisotopic (exact) mass is 599 g/mol. The average molecular weight is 600 g/mol.